The van der Waals surface area contributed by atoms with Crippen molar-refractivity contribution in [2.75, 3.05) is 0 Å². The molecule has 0 unspecified atom stereocenters. The highest BCUT2D eigenvalue weighted by Crippen LogP contribution is 2.44. The van der Waals surface area contributed by atoms with Crippen LogP contribution in [-0.4, -0.2) is 5.04 Å². The Bertz CT molecular complexity index is 3040. The van der Waals surface area contributed by atoms with Crippen LogP contribution in [0, 0.1) is 6.92 Å². The third kappa shape index (κ3) is 5.66. The maximum Gasteiger partial charge on any atom is 0.101 e. The number of thiophene rings is 2. The summed E-state index contributed by atoms with van der Waals surface area (Å²) in [6, 6.07) is 63.3. The Hall–Kier alpha value is -5.78. The molecule has 10 aromatic rings. The van der Waals surface area contributed by atoms with E-state index < -0.39 is 0 Å². The smallest absolute Gasteiger partial charge is 0.101 e. The van der Waals surface area contributed by atoms with Crippen LogP contribution in [0.1, 0.15) is 11.1 Å². The Kier molecular flexibility index (Phi) is 8.25. The fourth-order valence-electron chi connectivity index (χ4n) is 7.76. The highest BCUT2D eigenvalue weighted by Gasteiger charge is 2.16. The molecular weight excluding hydrogens is 711 g/mol. The van der Waals surface area contributed by atoms with Crippen LogP contribution in [0.3, 0.4) is 0 Å². The van der Waals surface area contributed by atoms with Crippen molar-refractivity contribution >= 4 is 86.4 Å². The molecule has 256 valence electrons. The van der Waals surface area contributed by atoms with Crippen LogP contribution >= 0.6 is 35.3 Å². The highest BCUT2D eigenvalue weighted by atomic mass is 32.1. The van der Waals surface area contributed by atoms with Gasteiger partial charge in [-0.2, -0.15) is 0 Å². The summed E-state index contributed by atoms with van der Waals surface area (Å²) >= 11 is 8.67. The zero-order chi connectivity index (χ0) is 36.2. The molecule has 10 rings (SSSR count). The maximum atomic E-state index is 5.24. The molecule has 0 saturated carbocycles. The minimum atomic E-state index is 0.692. The van der Waals surface area contributed by atoms with Gasteiger partial charge in [-0.3, -0.25) is 0 Å². The number of thiol groups is 1. The van der Waals surface area contributed by atoms with Crippen molar-refractivity contribution < 1.29 is 0 Å². The van der Waals surface area contributed by atoms with E-state index in [1.165, 1.54) is 62.6 Å². The average molecular weight is 744 g/mol. The van der Waals surface area contributed by atoms with Crippen LogP contribution in [-0.2, 0) is 0 Å². The molecule has 2 aromatic heterocycles. The maximum absolute atomic E-state index is 5.24. The summed E-state index contributed by atoms with van der Waals surface area (Å²) in [5, 5.41) is 5.96. The third-order valence-corrected chi connectivity index (χ3v) is 13.3. The van der Waals surface area contributed by atoms with Crippen LogP contribution < -0.4 is 0 Å². The van der Waals surface area contributed by atoms with Gasteiger partial charge in [-0.1, -0.05) is 164 Å². The molecule has 0 fully saturated rings. The first-order valence-corrected chi connectivity index (χ1v) is 20.2. The van der Waals surface area contributed by atoms with E-state index in [1.54, 1.807) is 0 Å². The van der Waals surface area contributed by atoms with E-state index in [9.17, 15) is 0 Å². The SMILES string of the molecule is Cc1c(-c2ccc(-c3cccc4c3sc3ccccc34)cc2)ccc(-c2ccc(-c3cccc4c3sc3ccccc34)cc2)c1N=C(S)c1ccccc1. The molecule has 2 heterocycles. The molecule has 4 heteroatoms. The molecule has 8 aromatic carbocycles. The molecule has 0 N–H and O–H groups in total. The second-order valence-electron chi connectivity index (χ2n) is 13.7. The summed E-state index contributed by atoms with van der Waals surface area (Å²) in [6.07, 6.45) is 0. The number of nitrogens with zero attached hydrogens (tertiary/aromatic N) is 1. The number of hydrogen-bond donors (Lipinski definition) is 1. The van der Waals surface area contributed by atoms with Crippen LogP contribution in [0.5, 0.6) is 0 Å². The molecular formula is C50H33NS3. The largest absolute Gasteiger partial charge is 0.241 e. The van der Waals surface area contributed by atoms with Crippen molar-refractivity contribution in [3.63, 3.8) is 0 Å². The normalized spacial score (nSPS) is 12.0. The monoisotopic (exact) mass is 743 g/mol. The molecule has 0 spiro atoms. The Morgan fingerprint density at radius 3 is 1.37 bits per heavy atom. The Morgan fingerprint density at radius 1 is 0.407 bits per heavy atom. The van der Waals surface area contributed by atoms with Crippen LogP contribution in [0.25, 0.3) is 84.9 Å². The Morgan fingerprint density at radius 2 is 0.833 bits per heavy atom. The summed E-state index contributed by atoms with van der Waals surface area (Å²) in [7, 11) is 0. The van der Waals surface area contributed by atoms with Crippen LogP contribution in [0.4, 0.5) is 5.69 Å². The number of benzene rings is 8. The van der Waals surface area contributed by atoms with Crippen LogP contribution in [0.15, 0.2) is 181 Å². The summed E-state index contributed by atoms with van der Waals surface area (Å²) in [5.41, 5.74) is 12.5. The van der Waals surface area contributed by atoms with Gasteiger partial charge in [-0.25, -0.2) is 4.99 Å². The van der Waals surface area contributed by atoms with Gasteiger partial charge in [0.15, 0.2) is 0 Å². The number of fused-ring (bicyclic) bond motifs is 6. The van der Waals surface area contributed by atoms with Crippen molar-refractivity contribution in [1.29, 1.82) is 0 Å². The molecule has 0 radical (unpaired) electrons. The van der Waals surface area contributed by atoms with Gasteiger partial charge in [0.1, 0.15) is 5.04 Å². The number of aliphatic imine (C=N–C) groups is 1. The lowest BCUT2D eigenvalue weighted by molar-refractivity contribution is 1.39. The van der Waals surface area contributed by atoms with E-state index in [4.69, 9.17) is 17.6 Å². The van der Waals surface area contributed by atoms with E-state index in [-0.39, 0.29) is 0 Å². The third-order valence-electron chi connectivity index (χ3n) is 10.5. The van der Waals surface area contributed by atoms with E-state index in [2.05, 4.69) is 165 Å². The predicted octanol–water partition coefficient (Wildman–Crippen LogP) is 15.4. The van der Waals surface area contributed by atoms with Gasteiger partial charge in [0.2, 0.25) is 0 Å². The average Bonchev–Trinajstić information content (AvgIpc) is 3.81. The van der Waals surface area contributed by atoms with Gasteiger partial charge in [-0.15, -0.1) is 35.3 Å². The fourth-order valence-corrected chi connectivity index (χ4v) is 10.5. The molecule has 0 bridgehead atoms. The lowest BCUT2D eigenvalue weighted by Crippen LogP contribution is -1.94. The van der Waals surface area contributed by atoms with Gasteiger partial charge < -0.3 is 0 Å². The standard InChI is InChI=1S/C50H33NS3/c1-31-37(32-21-25-34(26-22-32)39-15-9-17-43-41-13-5-7-19-45(41)53-48(39)43)29-30-38(47(31)51-50(52)36-11-3-2-4-12-36)33-23-27-35(28-24-33)40-16-10-18-44-42-14-6-8-20-46(42)54-49(40)44/h2-30H,1H3,(H,51,52). The molecule has 0 amide bonds. The second kappa shape index (κ2) is 13.6. The van der Waals surface area contributed by atoms with E-state index in [0.717, 1.165) is 39.1 Å². The fraction of sp³-hybridized carbons (Fsp3) is 0.0200. The summed E-state index contributed by atoms with van der Waals surface area (Å²) in [4.78, 5) is 5.24. The minimum absolute atomic E-state index is 0.692. The molecule has 0 aliphatic rings. The van der Waals surface area contributed by atoms with Gasteiger partial charge in [0.25, 0.3) is 0 Å². The lowest BCUT2D eigenvalue weighted by Gasteiger charge is -2.16. The van der Waals surface area contributed by atoms with Gasteiger partial charge in [0, 0.05) is 51.5 Å². The number of hydrogen-bond acceptors (Lipinski definition) is 3. The van der Waals surface area contributed by atoms with Gasteiger partial charge in [-0.05, 0) is 63.6 Å². The van der Waals surface area contributed by atoms with Crippen molar-refractivity contribution in [2.45, 2.75) is 6.92 Å². The molecule has 0 atom stereocenters. The highest BCUT2D eigenvalue weighted by molar-refractivity contribution is 7.97. The quantitative estimate of drug-likeness (QED) is 0.0989. The zero-order valence-corrected chi connectivity index (χ0v) is 32.0. The summed E-state index contributed by atoms with van der Waals surface area (Å²) in [5.74, 6) is 0. The number of rotatable bonds is 6. The topological polar surface area (TPSA) is 12.4 Å². The van der Waals surface area contributed by atoms with Crippen molar-refractivity contribution in [1.82, 2.24) is 0 Å². The first-order chi connectivity index (χ1) is 26.6. The van der Waals surface area contributed by atoms with Gasteiger partial charge >= 0.3 is 0 Å². The first kappa shape index (κ1) is 32.8. The Labute approximate surface area is 328 Å². The zero-order valence-electron chi connectivity index (χ0n) is 29.5. The molecule has 1 nitrogen and oxygen atoms in total. The minimum Gasteiger partial charge on any atom is -0.241 e. The van der Waals surface area contributed by atoms with E-state index in [0.29, 0.717) is 5.04 Å². The summed E-state index contributed by atoms with van der Waals surface area (Å²) < 4.78 is 5.30. The lowest BCUT2D eigenvalue weighted by atomic mass is 9.91. The van der Waals surface area contributed by atoms with Gasteiger partial charge in [0.05, 0.1) is 5.69 Å². The molecule has 0 aliphatic carbocycles. The van der Waals surface area contributed by atoms with Crippen molar-refractivity contribution in [3.05, 3.63) is 187 Å². The summed E-state index contributed by atoms with van der Waals surface area (Å²) in [6.45, 7) is 2.19. The predicted molar refractivity (Wildman–Crippen MR) is 240 cm³/mol. The molecule has 0 saturated heterocycles. The second-order valence-corrected chi connectivity index (χ2v) is 16.2. The van der Waals surface area contributed by atoms with E-state index in [1.807, 2.05) is 40.9 Å². The Balaban J connectivity index is 1.05. The van der Waals surface area contributed by atoms with Crippen molar-refractivity contribution in [3.8, 4) is 44.5 Å². The molecule has 54 heavy (non-hydrogen) atoms. The van der Waals surface area contributed by atoms with E-state index >= 15 is 0 Å². The van der Waals surface area contributed by atoms with Crippen LogP contribution in [0.2, 0.25) is 0 Å². The first-order valence-electron chi connectivity index (χ1n) is 18.1. The molecule has 0 aliphatic heterocycles. The van der Waals surface area contributed by atoms with Crippen molar-refractivity contribution in [2.24, 2.45) is 4.99 Å².